The third-order valence-corrected chi connectivity index (χ3v) is 6.55. The van der Waals surface area contributed by atoms with E-state index in [2.05, 4.69) is 46.0 Å². The highest BCUT2D eigenvalue weighted by atomic mass is 16.3. The fraction of sp³-hybridized carbons (Fsp3) is 0.394. The first-order chi connectivity index (χ1) is 19.1. The fourth-order valence-electron chi connectivity index (χ4n) is 4.68. The van der Waals surface area contributed by atoms with Gasteiger partial charge < -0.3 is 20.0 Å². The summed E-state index contributed by atoms with van der Waals surface area (Å²) in [7, 11) is 0. The third-order valence-electron chi connectivity index (χ3n) is 6.55. The van der Waals surface area contributed by atoms with Crippen LogP contribution in [0.25, 0.3) is 21.9 Å². The van der Waals surface area contributed by atoms with Crippen molar-refractivity contribution in [3.8, 4) is 18.9 Å². The largest absolute Gasteiger partial charge is 0.451 e. The van der Waals surface area contributed by atoms with E-state index in [-0.39, 0.29) is 13.2 Å². The minimum atomic E-state index is -0.544. The molecule has 0 atom stereocenters. The zero-order valence-corrected chi connectivity index (χ0v) is 23.7. The molecule has 2 aromatic carbocycles. The first kappa shape index (κ1) is 33.8. The Balaban J connectivity index is 0.00000107. The van der Waals surface area contributed by atoms with Crippen molar-refractivity contribution in [3.05, 3.63) is 65.5 Å². The summed E-state index contributed by atoms with van der Waals surface area (Å²) in [6.45, 7) is 13.1. The van der Waals surface area contributed by atoms with Crippen LogP contribution < -0.4 is 10.6 Å². The second kappa shape index (κ2) is 17.4. The lowest BCUT2D eigenvalue weighted by atomic mass is 10.1. The number of fused-ring (bicyclic) bond motifs is 2. The van der Waals surface area contributed by atoms with Gasteiger partial charge in [-0.15, -0.1) is 12.8 Å². The van der Waals surface area contributed by atoms with Gasteiger partial charge in [-0.2, -0.15) is 5.26 Å². The lowest BCUT2D eigenvalue weighted by Crippen LogP contribution is -2.46. The standard InChI is InChI=1S/C26H27N5O2.2C2H6.C2H2.CH4/c27-16-18-4-6-23-22(13-18)19(17-29-23)3-1-2-8-30-9-11-31(12-10-30)21-5-7-24-20(14-21)15-25(33-24)26(28)32;3*1-2;/h4-7,13-15,17,29H,1-3,8-12H2,(H2,28,32);2*1-2H3;1-2H;1H4. The summed E-state index contributed by atoms with van der Waals surface area (Å²) in [5.41, 5.74) is 10.3. The van der Waals surface area contributed by atoms with Crippen LogP contribution in [0.1, 0.15) is 69.6 Å². The molecule has 214 valence electrons. The first-order valence-electron chi connectivity index (χ1n) is 13.7. The van der Waals surface area contributed by atoms with Gasteiger partial charge in [-0.05, 0) is 73.8 Å². The number of carbonyl (C=O) groups is 1. The number of benzene rings is 2. The summed E-state index contributed by atoms with van der Waals surface area (Å²) in [5.74, 6) is -0.344. The van der Waals surface area contributed by atoms with Gasteiger partial charge in [0.1, 0.15) is 5.58 Å². The molecule has 7 heteroatoms. The number of hydrogen-bond donors (Lipinski definition) is 2. The maximum atomic E-state index is 11.4. The van der Waals surface area contributed by atoms with Crippen molar-refractivity contribution in [2.75, 3.05) is 37.6 Å². The Bertz CT molecular complexity index is 1380. The van der Waals surface area contributed by atoms with Gasteiger partial charge in [0.15, 0.2) is 5.76 Å². The number of primary amides is 1. The molecule has 1 aliphatic rings. The number of aromatic nitrogens is 1. The van der Waals surface area contributed by atoms with Gasteiger partial charge in [0.05, 0.1) is 11.6 Å². The van der Waals surface area contributed by atoms with E-state index in [0.29, 0.717) is 11.1 Å². The predicted molar refractivity (Wildman–Crippen MR) is 169 cm³/mol. The maximum absolute atomic E-state index is 11.4. The van der Waals surface area contributed by atoms with Crippen molar-refractivity contribution in [1.82, 2.24) is 9.88 Å². The van der Waals surface area contributed by atoms with E-state index < -0.39 is 5.91 Å². The average molecular weight is 544 g/mol. The Morgan fingerprint density at radius 2 is 1.73 bits per heavy atom. The quantitative estimate of drug-likeness (QED) is 0.194. The number of aromatic amines is 1. The molecule has 40 heavy (non-hydrogen) atoms. The predicted octanol–water partition coefficient (Wildman–Crippen LogP) is 6.97. The Labute approximate surface area is 239 Å². The fourth-order valence-corrected chi connectivity index (χ4v) is 4.68. The molecule has 0 spiro atoms. The second-order valence-corrected chi connectivity index (χ2v) is 8.67. The number of furan rings is 1. The number of piperazine rings is 1. The molecule has 2 aromatic heterocycles. The molecule has 0 radical (unpaired) electrons. The van der Waals surface area contributed by atoms with Crippen molar-refractivity contribution in [1.29, 1.82) is 5.26 Å². The maximum Gasteiger partial charge on any atom is 0.284 e. The highest BCUT2D eigenvalue weighted by Crippen LogP contribution is 2.26. The number of aryl methyl sites for hydroxylation is 1. The van der Waals surface area contributed by atoms with E-state index in [1.54, 1.807) is 6.07 Å². The van der Waals surface area contributed by atoms with E-state index in [4.69, 9.17) is 15.4 Å². The average Bonchev–Trinajstić information content (AvgIpc) is 3.62. The summed E-state index contributed by atoms with van der Waals surface area (Å²) in [6, 6.07) is 15.8. The minimum Gasteiger partial charge on any atom is -0.451 e. The molecule has 1 fully saturated rings. The number of hydrogen-bond acceptors (Lipinski definition) is 5. The highest BCUT2D eigenvalue weighted by Gasteiger charge is 2.18. The molecule has 0 bridgehead atoms. The second-order valence-electron chi connectivity index (χ2n) is 8.67. The van der Waals surface area contributed by atoms with E-state index in [1.165, 1.54) is 10.9 Å². The number of nitrogens with zero attached hydrogens (tertiary/aromatic N) is 3. The van der Waals surface area contributed by atoms with Crippen LogP contribution in [0.3, 0.4) is 0 Å². The summed E-state index contributed by atoms with van der Waals surface area (Å²) in [4.78, 5) is 19.6. The minimum absolute atomic E-state index is 0. The number of nitrogens with two attached hydrogens (primary N) is 1. The van der Waals surface area contributed by atoms with Crippen LogP contribution in [0.15, 0.2) is 53.1 Å². The molecular formula is C33H45N5O2. The normalized spacial score (nSPS) is 12.5. The highest BCUT2D eigenvalue weighted by molar-refractivity contribution is 5.95. The zero-order chi connectivity index (χ0) is 28.8. The molecule has 1 aliphatic heterocycles. The van der Waals surface area contributed by atoms with Crippen molar-refractivity contribution < 1.29 is 9.21 Å². The summed E-state index contributed by atoms with van der Waals surface area (Å²) >= 11 is 0. The van der Waals surface area contributed by atoms with Gasteiger partial charge in [-0.3, -0.25) is 9.69 Å². The topological polar surface area (TPSA) is 102 Å². The molecule has 3 heterocycles. The number of amides is 1. The number of H-pyrrole nitrogens is 1. The zero-order valence-electron chi connectivity index (χ0n) is 23.7. The van der Waals surface area contributed by atoms with Gasteiger partial charge in [0.25, 0.3) is 5.91 Å². The van der Waals surface area contributed by atoms with Crippen LogP contribution in [0, 0.1) is 24.2 Å². The van der Waals surface area contributed by atoms with Crippen molar-refractivity contribution in [2.24, 2.45) is 5.73 Å². The third kappa shape index (κ3) is 8.40. The Kier molecular flexibility index (Phi) is 14.7. The number of terminal acetylenes is 1. The van der Waals surface area contributed by atoms with Gasteiger partial charge in [-0.25, -0.2) is 0 Å². The molecule has 0 aliphatic carbocycles. The molecular weight excluding hydrogens is 498 g/mol. The van der Waals surface area contributed by atoms with Crippen LogP contribution in [-0.4, -0.2) is 48.5 Å². The van der Waals surface area contributed by atoms with Crippen LogP contribution >= 0.6 is 0 Å². The van der Waals surface area contributed by atoms with E-state index >= 15 is 0 Å². The van der Waals surface area contributed by atoms with Crippen molar-refractivity contribution in [3.63, 3.8) is 0 Å². The molecule has 3 N–H and O–H groups in total. The Morgan fingerprint density at radius 3 is 2.38 bits per heavy atom. The molecule has 5 rings (SSSR count). The summed E-state index contributed by atoms with van der Waals surface area (Å²) < 4.78 is 5.49. The molecule has 1 saturated heterocycles. The van der Waals surface area contributed by atoms with Crippen LogP contribution in [0.2, 0.25) is 0 Å². The monoisotopic (exact) mass is 543 g/mol. The van der Waals surface area contributed by atoms with Gasteiger partial charge >= 0.3 is 0 Å². The number of carbonyl (C=O) groups excluding carboxylic acids is 1. The molecule has 1 amide bonds. The van der Waals surface area contributed by atoms with E-state index in [9.17, 15) is 4.79 Å². The lowest BCUT2D eigenvalue weighted by Gasteiger charge is -2.36. The Hall–Kier alpha value is -4.20. The lowest BCUT2D eigenvalue weighted by molar-refractivity contribution is 0.0976. The van der Waals surface area contributed by atoms with Crippen molar-refractivity contribution >= 4 is 33.5 Å². The number of nitrogens with one attached hydrogen (secondary N) is 1. The molecule has 0 unspecified atom stereocenters. The Morgan fingerprint density at radius 1 is 1.02 bits per heavy atom. The molecule has 4 aromatic rings. The van der Waals surface area contributed by atoms with Crippen LogP contribution in [0.5, 0.6) is 0 Å². The number of unbranched alkanes of at least 4 members (excludes halogenated alkanes) is 1. The van der Waals surface area contributed by atoms with E-state index in [1.807, 2.05) is 58.0 Å². The van der Waals surface area contributed by atoms with Crippen LogP contribution in [0.4, 0.5) is 5.69 Å². The first-order valence-corrected chi connectivity index (χ1v) is 13.7. The SMILES string of the molecule is C.C#C.CC.CC.N#Cc1ccc2[nH]cc(CCCCN3CCN(c4ccc5oc(C(N)=O)cc5c4)CC3)c2c1. The van der Waals surface area contributed by atoms with Gasteiger partial charge in [0.2, 0.25) is 0 Å². The number of anilines is 1. The number of rotatable bonds is 7. The molecule has 0 saturated carbocycles. The van der Waals surface area contributed by atoms with Crippen molar-refractivity contribution in [2.45, 2.75) is 54.4 Å². The smallest absolute Gasteiger partial charge is 0.284 e. The molecule has 7 nitrogen and oxygen atoms in total. The van der Waals surface area contributed by atoms with Crippen LogP contribution in [-0.2, 0) is 6.42 Å². The van der Waals surface area contributed by atoms with E-state index in [0.717, 1.165) is 68.6 Å². The van der Waals surface area contributed by atoms with Gasteiger partial charge in [0, 0.05) is 54.4 Å². The summed E-state index contributed by atoms with van der Waals surface area (Å²) in [6.07, 6.45) is 13.4. The number of nitriles is 1. The summed E-state index contributed by atoms with van der Waals surface area (Å²) in [5, 5.41) is 11.2. The van der Waals surface area contributed by atoms with Gasteiger partial charge in [-0.1, -0.05) is 35.1 Å².